The Balaban J connectivity index is 1.45. The van der Waals surface area contributed by atoms with Gasteiger partial charge < -0.3 is 9.80 Å². The lowest BCUT2D eigenvalue weighted by Crippen LogP contribution is -2.48. The average Bonchev–Trinajstić information content (AvgIpc) is 2.79. The molecule has 9 nitrogen and oxygen atoms in total. The van der Waals surface area contributed by atoms with Crippen molar-refractivity contribution in [1.82, 2.24) is 9.21 Å². The van der Waals surface area contributed by atoms with E-state index < -0.39 is 10.0 Å². The summed E-state index contributed by atoms with van der Waals surface area (Å²) in [6, 6.07) is 15.5. The zero-order chi connectivity index (χ0) is 22.7. The van der Waals surface area contributed by atoms with Crippen molar-refractivity contribution in [3.05, 3.63) is 64.2 Å². The molecule has 2 heterocycles. The first-order valence-electron chi connectivity index (χ1n) is 10.8. The third-order valence-corrected chi connectivity index (χ3v) is 7.49. The van der Waals surface area contributed by atoms with Gasteiger partial charge in [-0.1, -0.05) is 30.3 Å². The van der Waals surface area contributed by atoms with Crippen LogP contribution in [0, 0.1) is 10.1 Å². The van der Waals surface area contributed by atoms with E-state index in [4.69, 9.17) is 0 Å². The summed E-state index contributed by atoms with van der Waals surface area (Å²) in [5.41, 5.74) is 2.91. The van der Waals surface area contributed by atoms with E-state index in [1.165, 1.54) is 16.1 Å². The van der Waals surface area contributed by atoms with Crippen LogP contribution in [0.25, 0.3) is 0 Å². The Hall–Kier alpha value is -2.69. The number of anilines is 2. The van der Waals surface area contributed by atoms with Crippen LogP contribution in [-0.2, 0) is 16.6 Å². The molecule has 2 aliphatic heterocycles. The molecule has 0 aromatic heterocycles. The summed E-state index contributed by atoms with van der Waals surface area (Å²) < 4.78 is 25.0. The van der Waals surface area contributed by atoms with E-state index >= 15 is 0 Å². The second-order valence-electron chi connectivity index (χ2n) is 8.33. The zero-order valence-corrected chi connectivity index (χ0v) is 19.1. The predicted molar refractivity (Wildman–Crippen MR) is 126 cm³/mol. The maximum absolute atomic E-state index is 11.8. The highest BCUT2D eigenvalue weighted by atomic mass is 32.2. The molecule has 0 N–H and O–H groups in total. The highest BCUT2D eigenvalue weighted by Crippen LogP contribution is 2.34. The molecule has 10 heteroatoms. The Morgan fingerprint density at radius 3 is 2.09 bits per heavy atom. The van der Waals surface area contributed by atoms with Gasteiger partial charge in [0.15, 0.2) is 0 Å². The topological polar surface area (TPSA) is 90.2 Å². The van der Waals surface area contributed by atoms with Gasteiger partial charge >= 0.3 is 0 Å². The molecule has 0 atom stereocenters. The molecule has 0 spiro atoms. The summed E-state index contributed by atoms with van der Waals surface area (Å²) in [5.74, 6) is 0. The lowest BCUT2D eigenvalue weighted by atomic mass is 10.1. The molecule has 2 aliphatic rings. The molecule has 172 valence electrons. The second-order valence-corrected chi connectivity index (χ2v) is 10.3. The molecule has 4 rings (SSSR count). The van der Waals surface area contributed by atoms with Crippen molar-refractivity contribution in [2.45, 2.75) is 6.54 Å². The minimum absolute atomic E-state index is 0.111. The van der Waals surface area contributed by atoms with Gasteiger partial charge in [0, 0.05) is 70.7 Å². The first-order valence-corrected chi connectivity index (χ1v) is 12.7. The van der Waals surface area contributed by atoms with Gasteiger partial charge in [0.1, 0.15) is 5.69 Å². The Bertz CT molecular complexity index is 1050. The largest absolute Gasteiger partial charge is 0.369 e. The van der Waals surface area contributed by atoms with Crippen LogP contribution >= 0.6 is 0 Å². The minimum Gasteiger partial charge on any atom is -0.369 e. The molecule has 0 amide bonds. The summed E-state index contributed by atoms with van der Waals surface area (Å²) in [4.78, 5) is 17.9. The fourth-order valence-corrected chi connectivity index (χ4v) is 5.21. The fraction of sp³-hybridized carbons (Fsp3) is 0.455. The number of hydrogen-bond acceptors (Lipinski definition) is 7. The molecular formula is C22H29N5O4S. The van der Waals surface area contributed by atoms with Crippen LogP contribution < -0.4 is 9.80 Å². The molecule has 32 heavy (non-hydrogen) atoms. The molecule has 2 saturated heterocycles. The van der Waals surface area contributed by atoms with Gasteiger partial charge in [-0.05, 0) is 17.7 Å². The van der Waals surface area contributed by atoms with Crippen molar-refractivity contribution in [2.75, 3.05) is 68.4 Å². The van der Waals surface area contributed by atoms with Crippen molar-refractivity contribution < 1.29 is 13.3 Å². The van der Waals surface area contributed by atoms with Crippen LogP contribution in [0.15, 0.2) is 48.5 Å². The van der Waals surface area contributed by atoms with Crippen LogP contribution in [0.4, 0.5) is 17.1 Å². The number of hydrogen-bond donors (Lipinski definition) is 0. The van der Waals surface area contributed by atoms with E-state index in [-0.39, 0.29) is 10.6 Å². The van der Waals surface area contributed by atoms with E-state index in [0.29, 0.717) is 31.9 Å². The standard InChI is InChI=1S/C22H29N5O4S/c1-32(30,31)26-15-13-24(14-16-26)20-7-8-21(27(28)29)22(17-20)25-11-9-23(10-12-25)18-19-5-3-2-4-6-19/h2-8,17H,9-16,18H2,1H3. The van der Waals surface area contributed by atoms with Gasteiger partial charge in [0.25, 0.3) is 5.69 Å². The number of nitrogens with zero attached hydrogens (tertiary/aromatic N) is 5. The Kier molecular flexibility index (Phi) is 6.63. The highest BCUT2D eigenvalue weighted by Gasteiger charge is 2.27. The summed E-state index contributed by atoms with van der Waals surface area (Å²) in [6.07, 6.45) is 1.23. The van der Waals surface area contributed by atoms with Crippen LogP contribution in [0.1, 0.15) is 5.56 Å². The van der Waals surface area contributed by atoms with Gasteiger partial charge in [0.2, 0.25) is 10.0 Å². The maximum Gasteiger partial charge on any atom is 0.292 e. The van der Waals surface area contributed by atoms with E-state index in [2.05, 4.69) is 26.8 Å². The van der Waals surface area contributed by atoms with Crippen molar-refractivity contribution >= 4 is 27.1 Å². The number of nitro benzene ring substituents is 1. The predicted octanol–water partition coefficient (Wildman–Crippen LogP) is 2.00. The smallest absolute Gasteiger partial charge is 0.292 e. The SMILES string of the molecule is CS(=O)(=O)N1CCN(c2ccc([N+](=O)[O-])c(N3CCN(Cc4ccccc4)CC3)c2)CC1. The second kappa shape index (κ2) is 9.43. The zero-order valence-electron chi connectivity index (χ0n) is 18.3. The molecule has 0 unspecified atom stereocenters. The Morgan fingerprint density at radius 1 is 0.875 bits per heavy atom. The first kappa shape index (κ1) is 22.5. The van der Waals surface area contributed by atoms with Crippen molar-refractivity contribution in [1.29, 1.82) is 0 Å². The summed E-state index contributed by atoms with van der Waals surface area (Å²) in [6.45, 7) is 5.96. The third kappa shape index (κ3) is 5.20. The van der Waals surface area contributed by atoms with Crippen molar-refractivity contribution in [2.24, 2.45) is 0 Å². The molecular weight excluding hydrogens is 430 g/mol. The Morgan fingerprint density at radius 2 is 1.50 bits per heavy atom. The van der Waals surface area contributed by atoms with Gasteiger partial charge in [-0.2, -0.15) is 4.31 Å². The van der Waals surface area contributed by atoms with E-state index in [9.17, 15) is 18.5 Å². The number of rotatable bonds is 6. The summed E-state index contributed by atoms with van der Waals surface area (Å²) in [5, 5.41) is 11.7. The molecule has 0 saturated carbocycles. The summed E-state index contributed by atoms with van der Waals surface area (Å²) in [7, 11) is -3.20. The van der Waals surface area contributed by atoms with E-state index in [1.54, 1.807) is 12.1 Å². The van der Waals surface area contributed by atoms with Crippen LogP contribution in [0.3, 0.4) is 0 Å². The number of sulfonamides is 1. The van der Waals surface area contributed by atoms with Crippen LogP contribution in [0.2, 0.25) is 0 Å². The summed E-state index contributed by atoms with van der Waals surface area (Å²) >= 11 is 0. The first-order chi connectivity index (χ1) is 15.3. The maximum atomic E-state index is 11.8. The van der Waals surface area contributed by atoms with Gasteiger partial charge in [-0.15, -0.1) is 0 Å². The van der Waals surface area contributed by atoms with Gasteiger partial charge in [-0.25, -0.2) is 8.42 Å². The van der Waals surface area contributed by atoms with Crippen LogP contribution in [-0.4, -0.2) is 81.2 Å². The van der Waals surface area contributed by atoms with Crippen molar-refractivity contribution in [3.8, 4) is 0 Å². The minimum atomic E-state index is -3.20. The molecule has 0 aliphatic carbocycles. The normalized spacial score (nSPS) is 18.7. The Labute approximate surface area is 189 Å². The monoisotopic (exact) mass is 459 g/mol. The average molecular weight is 460 g/mol. The number of nitro groups is 1. The number of benzene rings is 2. The highest BCUT2D eigenvalue weighted by molar-refractivity contribution is 7.88. The molecule has 0 radical (unpaired) electrons. The lowest BCUT2D eigenvalue weighted by Gasteiger charge is -2.37. The molecule has 2 aromatic carbocycles. The van der Waals surface area contributed by atoms with Gasteiger partial charge in [0.05, 0.1) is 11.2 Å². The fourth-order valence-electron chi connectivity index (χ4n) is 4.38. The molecule has 0 bridgehead atoms. The van der Waals surface area contributed by atoms with Crippen molar-refractivity contribution in [3.63, 3.8) is 0 Å². The third-order valence-electron chi connectivity index (χ3n) is 6.19. The molecule has 2 aromatic rings. The van der Waals surface area contributed by atoms with Gasteiger partial charge in [-0.3, -0.25) is 15.0 Å². The van der Waals surface area contributed by atoms with E-state index in [1.807, 2.05) is 24.3 Å². The van der Waals surface area contributed by atoms with E-state index in [0.717, 1.165) is 38.4 Å². The quantitative estimate of drug-likeness (QED) is 0.482. The van der Waals surface area contributed by atoms with Crippen LogP contribution in [0.5, 0.6) is 0 Å². The number of piperazine rings is 2. The lowest BCUT2D eigenvalue weighted by molar-refractivity contribution is -0.384. The molecule has 2 fully saturated rings.